The van der Waals surface area contributed by atoms with Gasteiger partial charge in [0.1, 0.15) is 0 Å². The zero-order valence-electron chi connectivity index (χ0n) is 26.3. The van der Waals surface area contributed by atoms with Crippen LogP contribution in [0.3, 0.4) is 0 Å². The number of nitrogens with zero attached hydrogens (tertiary/aromatic N) is 2. The van der Waals surface area contributed by atoms with Crippen molar-refractivity contribution in [2.24, 2.45) is 0 Å². The van der Waals surface area contributed by atoms with E-state index in [4.69, 9.17) is 4.98 Å². The number of benzene rings is 7. The normalized spacial score (nSPS) is 11.1. The number of para-hydroxylation sites is 3. The van der Waals surface area contributed by atoms with E-state index in [1.165, 1.54) is 54.3 Å². The molecular formula is C43H36N2. The third-order valence-electron chi connectivity index (χ3n) is 8.54. The van der Waals surface area contributed by atoms with Crippen molar-refractivity contribution in [1.29, 1.82) is 0 Å². The Morgan fingerprint density at radius 2 is 0.867 bits per heavy atom. The van der Waals surface area contributed by atoms with Crippen molar-refractivity contribution >= 4 is 59.8 Å². The molecule has 0 saturated carbocycles. The molecule has 45 heavy (non-hydrogen) atoms. The van der Waals surface area contributed by atoms with Gasteiger partial charge in [-0.3, -0.25) is 0 Å². The summed E-state index contributed by atoms with van der Waals surface area (Å²) < 4.78 is 2.35. The van der Waals surface area contributed by atoms with Crippen molar-refractivity contribution < 1.29 is 0 Å². The van der Waals surface area contributed by atoms with Gasteiger partial charge in [0.25, 0.3) is 0 Å². The van der Waals surface area contributed by atoms with Gasteiger partial charge in [-0.1, -0.05) is 143 Å². The smallest absolute Gasteiger partial charge is 0.0950 e. The second kappa shape index (κ2) is 11.9. The molecule has 0 saturated heterocycles. The van der Waals surface area contributed by atoms with Crippen molar-refractivity contribution in [3.05, 3.63) is 146 Å². The number of fused-ring (bicyclic) bond motifs is 11. The van der Waals surface area contributed by atoms with E-state index in [0.29, 0.717) is 0 Å². The van der Waals surface area contributed by atoms with Gasteiger partial charge in [0, 0.05) is 10.9 Å². The van der Waals surface area contributed by atoms with Gasteiger partial charge in [0.2, 0.25) is 0 Å². The summed E-state index contributed by atoms with van der Waals surface area (Å²) in [6.07, 6.45) is 0. The molecule has 0 amide bonds. The molecule has 7 aromatic carbocycles. The van der Waals surface area contributed by atoms with Crippen LogP contribution in [0, 0.1) is 0 Å². The summed E-state index contributed by atoms with van der Waals surface area (Å²) in [6.45, 7) is 8.00. The van der Waals surface area contributed by atoms with Crippen LogP contribution in [-0.2, 0) is 0 Å². The minimum absolute atomic E-state index is 0.995. The minimum Gasteiger partial charge on any atom is -0.306 e. The lowest BCUT2D eigenvalue weighted by Crippen LogP contribution is -1.95. The standard InChI is InChI=1S/C39H24N2.2C2H6/c1-7-15-36-28(9-1)24-38-39(40-35-14-6-8-16-37(35)41(36)38)26-19-17-25(18-20-26)27-21-22-33-31-12-3-2-10-29(31)30-11-4-5-13-32(30)34(33)23-27;2*1-2/h1-24H;2*1-2H3. The van der Waals surface area contributed by atoms with Gasteiger partial charge in [-0.2, -0.15) is 0 Å². The van der Waals surface area contributed by atoms with Gasteiger partial charge >= 0.3 is 0 Å². The number of aromatic nitrogens is 2. The van der Waals surface area contributed by atoms with E-state index in [1.807, 2.05) is 27.7 Å². The van der Waals surface area contributed by atoms with Gasteiger partial charge in [0.05, 0.1) is 27.8 Å². The molecule has 0 aliphatic rings. The first-order valence-corrected chi connectivity index (χ1v) is 16.1. The molecule has 0 fully saturated rings. The molecular weight excluding hydrogens is 544 g/mol. The van der Waals surface area contributed by atoms with Crippen LogP contribution in [0.5, 0.6) is 0 Å². The number of hydrogen-bond acceptors (Lipinski definition) is 1. The Hall–Kier alpha value is -5.47. The van der Waals surface area contributed by atoms with Crippen molar-refractivity contribution in [2.75, 3.05) is 0 Å². The van der Waals surface area contributed by atoms with E-state index in [2.05, 4.69) is 150 Å². The fraction of sp³-hybridized carbons (Fsp3) is 0.0930. The monoisotopic (exact) mass is 580 g/mol. The van der Waals surface area contributed by atoms with E-state index in [1.54, 1.807) is 0 Å². The Morgan fingerprint density at radius 3 is 1.53 bits per heavy atom. The maximum atomic E-state index is 5.15. The van der Waals surface area contributed by atoms with Gasteiger partial charge in [0.15, 0.2) is 0 Å². The fourth-order valence-corrected chi connectivity index (χ4v) is 6.63. The van der Waals surface area contributed by atoms with Gasteiger partial charge in [-0.15, -0.1) is 0 Å². The third kappa shape index (κ3) is 4.62. The van der Waals surface area contributed by atoms with Crippen LogP contribution in [0.2, 0.25) is 0 Å². The molecule has 0 radical (unpaired) electrons. The summed E-state index contributed by atoms with van der Waals surface area (Å²) in [5.41, 5.74) is 8.98. The first kappa shape index (κ1) is 28.3. The zero-order valence-corrected chi connectivity index (χ0v) is 26.3. The average molecular weight is 581 g/mol. The first-order chi connectivity index (χ1) is 22.3. The van der Waals surface area contributed by atoms with Crippen LogP contribution in [0.25, 0.3) is 82.2 Å². The maximum absolute atomic E-state index is 5.15. The van der Waals surface area contributed by atoms with Gasteiger partial charge in [-0.05, 0) is 73.8 Å². The molecule has 0 atom stereocenters. The molecule has 9 rings (SSSR count). The van der Waals surface area contributed by atoms with E-state index in [9.17, 15) is 0 Å². The molecule has 9 aromatic rings. The minimum atomic E-state index is 0.995. The molecule has 2 nitrogen and oxygen atoms in total. The predicted molar refractivity (Wildman–Crippen MR) is 196 cm³/mol. The highest BCUT2D eigenvalue weighted by Gasteiger charge is 2.14. The van der Waals surface area contributed by atoms with Crippen molar-refractivity contribution in [1.82, 2.24) is 9.38 Å². The SMILES string of the molecule is CC.CC.c1ccc2c(c1)cc1c(-c3ccc(-c4ccc5c6ccccc6c6ccccc6c5c4)cc3)nc3ccccc3n12. The predicted octanol–water partition coefficient (Wildman–Crippen LogP) is 12.5. The average Bonchev–Trinajstić information content (AvgIpc) is 3.53. The Kier molecular flexibility index (Phi) is 7.49. The fourth-order valence-electron chi connectivity index (χ4n) is 6.63. The van der Waals surface area contributed by atoms with Crippen LogP contribution in [0.15, 0.2) is 146 Å². The topological polar surface area (TPSA) is 17.3 Å². The Balaban J connectivity index is 0.000000784. The molecule has 2 heterocycles. The lowest BCUT2D eigenvalue weighted by Gasteiger charge is -2.13. The van der Waals surface area contributed by atoms with E-state index < -0.39 is 0 Å². The molecule has 2 aromatic heterocycles. The molecule has 0 aliphatic heterocycles. The van der Waals surface area contributed by atoms with Crippen LogP contribution < -0.4 is 0 Å². The summed E-state index contributed by atoms with van der Waals surface area (Å²) in [5.74, 6) is 0. The molecule has 0 N–H and O–H groups in total. The third-order valence-corrected chi connectivity index (χ3v) is 8.54. The largest absolute Gasteiger partial charge is 0.306 e. The quantitative estimate of drug-likeness (QED) is 0.186. The highest BCUT2D eigenvalue weighted by Crippen LogP contribution is 2.38. The maximum Gasteiger partial charge on any atom is 0.0950 e. The lowest BCUT2D eigenvalue weighted by molar-refractivity contribution is 1.27. The zero-order chi connectivity index (χ0) is 30.9. The molecule has 0 bridgehead atoms. The van der Waals surface area contributed by atoms with Gasteiger partial charge in [-0.25, -0.2) is 4.98 Å². The molecule has 0 spiro atoms. The second-order valence-corrected chi connectivity index (χ2v) is 10.8. The van der Waals surface area contributed by atoms with Crippen LogP contribution in [0.4, 0.5) is 0 Å². The summed E-state index contributed by atoms with van der Waals surface area (Å²) in [7, 11) is 0. The van der Waals surface area contributed by atoms with Gasteiger partial charge < -0.3 is 4.40 Å². The molecule has 2 heteroatoms. The van der Waals surface area contributed by atoms with E-state index in [0.717, 1.165) is 27.8 Å². The summed E-state index contributed by atoms with van der Waals surface area (Å²) in [4.78, 5) is 5.15. The summed E-state index contributed by atoms with van der Waals surface area (Å²) >= 11 is 0. The second-order valence-electron chi connectivity index (χ2n) is 10.8. The number of hydrogen-bond donors (Lipinski definition) is 0. The molecule has 0 aliphatic carbocycles. The van der Waals surface area contributed by atoms with E-state index >= 15 is 0 Å². The summed E-state index contributed by atoms with van der Waals surface area (Å²) in [6, 6.07) is 52.5. The molecule has 0 unspecified atom stereocenters. The highest BCUT2D eigenvalue weighted by atomic mass is 14.9. The van der Waals surface area contributed by atoms with E-state index in [-0.39, 0.29) is 0 Å². The van der Waals surface area contributed by atoms with Crippen LogP contribution in [-0.4, -0.2) is 9.38 Å². The Bertz CT molecular complexity index is 2430. The lowest BCUT2D eigenvalue weighted by atomic mass is 9.92. The number of rotatable bonds is 2. The van der Waals surface area contributed by atoms with Crippen LogP contribution in [0.1, 0.15) is 27.7 Å². The van der Waals surface area contributed by atoms with Crippen molar-refractivity contribution in [3.8, 4) is 22.4 Å². The summed E-state index contributed by atoms with van der Waals surface area (Å²) in [5, 5.41) is 9.01. The highest BCUT2D eigenvalue weighted by molar-refractivity contribution is 6.25. The van der Waals surface area contributed by atoms with Crippen LogP contribution >= 0.6 is 0 Å². The molecule has 218 valence electrons. The Morgan fingerprint density at radius 1 is 0.378 bits per heavy atom. The van der Waals surface area contributed by atoms with Crippen molar-refractivity contribution in [2.45, 2.75) is 27.7 Å². The first-order valence-electron chi connectivity index (χ1n) is 16.1. The Labute approximate surface area is 264 Å². The van der Waals surface area contributed by atoms with Crippen molar-refractivity contribution in [3.63, 3.8) is 0 Å².